The molecule has 0 saturated heterocycles. The summed E-state index contributed by atoms with van der Waals surface area (Å²) in [5, 5.41) is 0.984. The van der Waals surface area contributed by atoms with Crippen LogP contribution in [-0.2, 0) is 6.54 Å². The average Bonchev–Trinajstić information content (AvgIpc) is 2.45. The molecule has 0 aromatic heterocycles. The van der Waals surface area contributed by atoms with Crippen molar-refractivity contribution in [2.45, 2.75) is 6.54 Å². The highest BCUT2D eigenvalue weighted by molar-refractivity contribution is 6.35. The van der Waals surface area contributed by atoms with Crippen molar-refractivity contribution in [3.8, 4) is 17.6 Å². The van der Waals surface area contributed by atoms with Crippen LogP contribution in [0.3, 0.4) is 0 Å². The van der Waals surface area contributed by atoms with E-state index in [9.17, 15) is 0 Å². The van der Waals surface area contributed by atoms with Gasteiger partial charge >= 0.3 is 0 Å². The third kappa shape index (κ3) is 3.91. The molecule has 0 fully saturated rings. The molecule has 2 N–H and O–H groups in total. The molecule has 0 aliphatic rings. The van der Waals surface area contributed by atoms with Crippen molar-refractivity contribution < 1.29 is 4.74 Å². The minimum Gasteiger partial charge on any atom is -0.479 e. The van der Waals surface area contributed by atoms with Gasteiger partial charge in [0.05, 0.1) is 5.02 Å². The summed E-state index contributed by atoms with van der Waals surface area (Å²) in [6, 6.07) is 13.1. The fourth-order valence-corrected chi connectivity index (χ4v) is 2.28. The predicted molar refractivity (Wildman–Crippen MR) is 83.2 cm³/mol. The van der Waals surface area contributed by atoms with Crippen molar-refractivity contribution >= 4 is 23.2 Å². The van der Waals surface area contributed by atoms with E-state index in [2.05, 4.69) is 11.8 Å². The molecule has 0 saturated carbocycles. The number of ether oxygens (including phenoxy) is 1. The molecule has 4 heteroatoms. The predicted octanol–water partition coefficient (Wildman–Crippen LogP) is 3.88. The first-order valence-corrected chi connectivity index (χ1v) is 6.81. The van der Waals surface area contributed by atoms with E-state index in [1.165, 1.54) is 0 Å². The van der Waals surface area contributed by atoms with Crippen molar-refractivity contribution in [2.75, 3.05) is 6.61 Å². The van der Waals surface area contributed by atoms with Crippen LogP contribution in [0, 0.1) is 11.8 Å². The quantitative estimate of drug-likeness (QED) is 0.873. The third-order valence-electron chi connectivity index (χ3n) is 2.60. The number of hydrogen-bond donors (Lipinski definition) is 1. The van der Waals surface area contributed by atoms with E-state index in [4.69, 9.17) is 33.7 Å². The van der Waals surface area contributed by atoms with E-state index in [1.807, 2.05) is 30.3 Å². The molecule has 0 heterocycles. The zero-order valence-electron chi connectivity index (χ0n) is 10.7. The summed E-state index contributed by atoms with van der Waals surface area (Å²) >= 11 is 12.0. The lowest BCUT2D eigenvalue weighted by molar-refractivity contribution is 0.366. The smallest absolute Gasteiger partial charge is 0.149 e. The second-order valence-corrected chi connectivity index (χ2v) is 4.88. The Morgan fingerprint density at radius 2 is 1.85 bits per heavy atom. The summed E-state index contributed by atoms with van der Waals surface area (Å²) in [6.07, 6.45) is 0. The molecule has 0 aliphatic heterocycles. The lowest BCUT2D eigenvalue weighted by atomic mass is 10.2. The van der Waals surface area contributed by atoms with Crippen LogP contribution in [0.1, 0.15) is 11.1 Å². The Hall–Kier alpha value is -1.66. The first-order valence-electron chi connectivity index (χ1n) is 6.05. The molecule has 0 spiro atoms. The van der Waals surface area contributed by atoms with Crippen molar-refractivity contribution in [3.05, 3.63) is 63.6 Å². The van der Waals surface area contributed by atoms with Crippen LogP contribution >= 0.6 is 23.2 Å². The SMILES string of the molecule is NCc1cc(Cl)cc(Cl)c1OCC#Cc1ccccc1. The fourth-order valence-electron chi connectivity index (χ4n) is 1.69. The van der Waals surface area contributed by atoms with Gasteiger partial charge in [-0.3, -0.25) is 0 Å². The Bertz CT molecular complexity index is 645. The van der Waals surface area contributed by atoms with Gasteiger partial charge in [0.15, 0.2) is 0 Å². The zero-order chi connectivity index (χ0) is 14.4. The molecule has 0 radical (unpaired) electrons. The van der Waals surface area contributed by atoms with E-state index < -0.39 is 0 Å². The first kappa shape index (κ1) is 14.7. The van der Waals surface area contributed by atoms with E-state index in [1.54, 1.807) is 12.1 Å². The maximum atomic E-state index is 6.10. The van der Waals surface area contributed by atoms with Crippen LogP contribution in [-0.4, -0.2) is 6.61 Å². The molecule has 0 atom stereocenters. The van der Waals surface area contributed by atoms with Crippen LogP contribution in [0.4, 0.5) is 0 Å². The number of nitrogens with two attached hydrogens (primary N) is 1. The van der Waals surface area contributed by atoms with Gasteiger partial charge in [-0.15, -0.1) is 0 Å². The Kier molecular flexibility index (Phi) is 5.31. The van der Waals surface area contributed by atoms with Crippen molar-refractivity contribution in [1.29, 1.82) is 0 Å². The van der Waals surface area contributed by atoms with Crippen molar-refractivity contribution in [1.82, 2.24) is 0 Å². The van der Waals surface area contributed by atoms with Crippen molar-refractivity contribution in [2.24, 2.45) is 5.73 Å². The summed E-state index contributed by atoms with van der Waals surface area (Å²) in [4.78, 5) is 0. The number of halogens is 2. The molecular weight excluding hydrogens is 293 g/mol. The lowest BCUT2D eigenvalue weighted by Gasteiger charge is -2.10. The topological polar surface area (TPSA) is 35.2 Å². The Morgan fingerprint density at radius 1 is 1.10 bits per heavy atom. The third-order valence-corrected chi connectivity index (χ3v) is 3.10. The highest BCUT2D eigenvalue weighted by atomic mass is 35.5. The average molecular weight is 306 g/mol. The van der Waals surface area contributed by atoms with Gasteiger partial charge in [0.25, 0.3) is 0 Å². The Labute approximate surface area is 128 Å². The van der Waals surface area contributed by atoms with Gasteiger partial charge in [-0.25, -0.2) is 0 Å². The molecular formula is C16H13Cl2NO. The van der Waals surface area contributed by atoms with Crippen LogP contribution in [0.25, 0.3) is 0 Å². The van der Waals surface area contributed by atoms with Gasteiger partial charge in [-0.05, 0) is 24.3 Å². The van der Waals surface area contributed by atoms with E-state index in [0.717, 1.165) is 11.1 Å². The largest absolute Gasteiger partial charge is 0.479 e. The summed E-state index contributed by atoms with van der Waals surface area (Å²) in [7, 11) is 0. The van der Waals surface area contributed by atoms with Gasteiger partial charge in [0.1, 0.15) is 12.4 Å². The number of benzene rings is 2. The van der Waals surface area contributed by atoms with Crippen LogP contribution in [0.2, 0.25) is 10.0 Å². The lowest BCUT2D eigenvalue weighted by Crippen LogP contribution is -2.03. The van der Waals surface area contributed by atoms with Gasteiger partial charge in [-0.2, -0.15) is 0 Å². The second kappa shape index (κ2) is 7.21. The van der Waals surface area contributed by atoms with Crippen LogP contribution in [0.5, 0.6) is 5.75 Å². The minimum atomic E-state index is 0.239. The van der Waals surface area contributed by atoms with Gasteiger partial charge in [-0.1, -0.05) is 53.2 Å². The first-order chi connectivity index (χ1) is 9.70. The van der Waals surface area contributed by atoms with Crippen LogP contribution < -0.4 is 10.5 Å². The fraction of sp³-hybridized carbons (Fsp3) is 0.125. The molecule has 0 bridgehead atoms. The molecule has 2 rings (SSSR count). The number of hydrogen-bond acceptors (Lipinski definition) is 2. The monoisotopic (exact) mass is 305 g/mol. The summed E-state index contributed by atoms with van der Waals surface area (Å²) in [6.45, 7) is 0.547. The molecule has 0 amide bonds. The second-order valence-electron chi connectivity index (χ2n) is 4.04. The molecule has 2 aromatic carbocycles. The van der Waals surface area contributed by atoms with Crippen LogP contribution in [0.15, 0.2) is 42.5 Å². The Balaban J connectivity index is 2.07. The van der Waals surface area contributed by atoms with E-state index in [-0.39, 0.29) is 6.61 Å². The number of rotatable bonds is 3. The molecule has 0 aliphatic carbocycles. The minimum absolute atomic E-state index is 0.239. The zero-order valence-corrected chi connectivity index (χ0v) is 12.2. The maximum Gasteiger partial charge on any atom is 0.149 e. The molecule has 0 unspecified atom stereocenters. The van der Waals surface area contributed by atoms with Gasteiger partial charge in [0.2, 0.25) is 0 Å². The summed E-state index contributed by atoms with van der Waals surface area (Å²) < 4.78 is 5.59. The maximum absolute atomic E-state index is 6.10. The molecule has 102 valence electrons. The van der Waals surface area contributed by atoms with Gasteiger partial charge < -0.3 is 10.5 Å². The highest BCUT2D eigenvalue weighted by Crippen LogP contribution is 2.32. The normalized spacial score (nSPS) is 9.75. The standard InChI is InChI=1S/C16H13Cl2NO/c17-14-9-13(11-19)16(15(18)10-14)20-8-4-7-12-5-2-1-3-6-12/h1-3,5-6,9-10H,8,11,19H2. The van der Waals surface area contributed by atoms with E-state index in [0.29, 0.717) is 22.3 Å². The highest BCUT2D eigenvalue weighted by Gasteiger charge is 2.08. The van der Waals surface area contributed by atoms with E-state index >= 15 is 0 Å². The molecule has 2 aromatic rings. The Morgan fingerprint density at radius 3 is 2.55 bits per heavy atom. The van der Waals surface area contributed by atoms with Gasteiger partial charge in [0, 0.05) is 22.7 Å². The molecule has 2 nitrogen and oxygen atoms in total. The molecule has 20 heavy (non-hydrogen) atoms. The summed E-state index contributed by atoms with van der Waals surface area (Å²) in [5.41, 5.74) is 7.36. The summed E-state index contributed by atoms with van der Waals surface area (Å²) in [5.74, 6) is 6.49. The van der Waals surface area contributed by atoms with Crippen molar-refractivity contribution in [3.63, 3.8) is 0 Å².